The van der Waals surface area contributed by atoms with Crippen molar-refractivity contribution in [3.8, 4) is 11.5 Å². The highest BCUT2D eigenvalue weighted by Crippen LogP contribution is 2.39. The molecule has 1 aliphatic heterocycles. The van der Waals surface area contributed by atoms with Crippen molar-refractivity contribution in [2.24, 2.45) is 0 Å². The molecule has 0 spiro atoms. The topological polar surface area (TPSA) is 81.2 Å². The van der Waals surface area contributed by atoms with Crippen molar-refractivity contribution in [2.75, 3.05) is 52.4 Å². The first-order valence-electron chi connectivity index (χ1n) is 10.3. The fourth-order valence-corrected chi connectivity index (χ4v) is 4.42. The lowest BCUT2D eigenvalue weighted by Crippen LogP contribution is -2.33. The van der Waals surface area contributed by atoms with Crippen LogP contribution in [0.25, 0.3) is 10.2 Å². The Morgan fingerprint density at radius 1 is 1.03 bits per heavy atom. The molecule has 0 bridgehead atoms. The molecule has 0 N–H and O–H groups in total. The third-order valence-electron chi connectivity index (χ3n) is 5.06. The predicted octanol–water partition coefficient (Wildman–Crippen LogP) is 3.87. The number of carbonyl (C=O) groups is 2. The molecule has 2 aromatic carbocycles. The third-order valence-corrected chi connectivity index (χ3v) is 6.10. The Labute approximate surface area is 202 Å². The van der Waals surface area contributed by atoms with Gasteiger partial charge in [-0.25, -0.2) is 9.78 Å². The van der Waals surface area contributed by atoms with E-state index >= 15 is 0 Å². The van der Waals surface area contributed by atoms with E-state index < -0.39 is 5.97 Å². The van der Waals surface area contributed by atoms with E-state index in [1.54, 1.807) is 29.2 Å². The largest absolute Gasteiger partial charge is 0.486 e. The summed E-state index contributed by atoms with van der Waals surface area (Å²) in [7, 11) is 5.33. The van der Waals surface area contributed by atoms with Gasteiger partial charge in [0.15, 0.2) is 16.6 Å². The predicted molar refractivity (Wildman–Crippen MR) is 130 cm³/mol. The molecule has 33 heavy (non-hydrogen) atoms. The molecule has 10 heteroatoms. The zero-order valence-corrected chi connectivity index (χ0v) is 20.3. The number of halogens is 1. The lowest BCUT2D eigenvalue weighted by molar-refractivity contribution is 0.0600. The van der Waals surface area contributed by atoms with Gasteiger partial charge in [0, 0.05) is 24.2 Å². The van der Waals surface area contributed by atoms with Crippen molar-refractivity contribution in [1.29, 1.82) is 0 Å². The minimum atomic E-state index is -0.439. The number of methoxy groups -OCH3 is 1. The number of nitrogens with zero attached hydrogens (tertiary/aromatic N) is 3. The van der Waals surface area contributed by atoms with E-state index in [2.05, 4.69) is 4.90 Å². The molecule has 0 unspecified atom stereocenters. The highest BCUT2D eigenvalue weighted by atomic mass is 35.5. The number of rotatable bonds is 7. The molecule has 176 valence electrons. The van der Waals surface area contributed by atoms with Crippen LogP contribution < -0.4 is 14.4 Å². The van der Waals surface area contributed by atoms with E-state index in [9.17, 15) is 9.59 Å². The number of benzene rings is 2. The average Bonchev–Trinajstić information content (AvgIpc) is 3.21. The Balaban J connectivity index is 0.00000306. The van der Waals surface area contributed by atoms with Gasteiger partial charge in [0.25, 0.3) is 5.91 Å². The molecule has 3 aromatic rings. The number of thiazole rings is 1. The highest BCUT2D eigenvalue weighted by molar-refractivity contribution is 7.22. The summed E-state index contributed by atoms with van der Waals surface area (Å²) >= 11 is 1.44. The second-order valence-corrected chi connectivity index (χ2v) is 8.65. The molecule has 0 atom stereocenters. The first kappa shape index (κ1) is 24.8. The zero-order valence-electron chi connectivity index (χ0n) is 18.7. The lowest BCUT2D eigenvalue weighted by Gasteiger charge is -2.21. The van der Waals surface area contributed by atoms with E-state index in [1.165, 1.54) is 18.4 Å². The molecule has 1 aliphatic rings. The van der Waals surface area contributed by atoms with Crippen LogP contribution in [0.15, 0.2) is 36.4 Å². The second-order valence-electron chi connectivity index (χ2n) is 7.64. The first-order chi connectivity index (χ1) is 15.5. The van der Waals surface area contributed by atoms with Gasteiger partial charge < -0.3 is 19.1 Å². The molecule has 0 aliphatic carbocycles. The number of hydrogen-bond donors (Lipinski definition) is 0. The summed E-state index contributed by atoms with van der Waals surface area (Å²) in [6.45, 7) is 2.38. The molecule has 4 rings (SSSR count). The maximum atomic E-state index is 13.4. The molecule has 1 aromatic heterocycles. The van der Waals surface area contributed by atoms with E-state index in [-0.39, 0.29) is 18.3 Å². The normalized spacial score (nSPS) is 12.4. The Morgan fingerprint density at radius 3 is 2.30 bits per heavy atom. The molecule has 0 radical (unpaired) electrons. The summed E-state index contributed by atoms with van der Waals surface area (Å²) in [5.74, 6) is 0.759. The van der Waals surface area contributed by atoms with Crippen LogP contribution in [0.4, 0.5) is 5.13 Å². The number of aromatic nitrogens is 1. The molecule has 1 amide bonds. The third kappa shape index (κ3) is 5.55. The van der Waals surface area contributed by atoms with Crippen LogP contribution >= 0.6 is 23.7 Å². The summed E-state index contributed by atoms with van der Waals surface area (Å²) < 4.78 is 17.0. The van der Waals surface area contributed by atoms with Crippen LogP contribution in [0.1, 0.15) is 27.1 Å². The van der Waals surface area contributed by atoms with Crippen molar-refractivity contribution in [1.82, 2.24) is 9.88 Å². The number of carbonyl (C=O) groups excluding carboxylic acids is 2. The van der Waals surface area contributed by atoms with Gasteiger partial charge in [0.05, 0.1) is 22.9 Å². The summed E-state index contributed by atoms with van der Waals surface area (Å²) in [6.07, 6.45) is 0.789. The van der Waals surface area contributed by atoms with Crippen LogP contribution in [0.5, 0.6) is 11.5 Å². The summed E-state index contributed by atoms with van der Waals surface area (Å²) in [6, 6.07) is 10.2. The van der Waals surface area contributed by atoms with Crippen molar-refractivity contribution < 1.29 is 23.8 Å². The van der Waals surface area contributed by atoms with Crippen LogP contribution in [0.2, 0.25) is 0 Å². The number of hydrogen-bond acceptors (Lipinski definition) is 8. The van der Waals surface area contributed by atoms with Crippen LogP contribution in [-0.4, -0.2) is 69.3 Å². The molecular formula is C23H26ClN3O5S. The standard InChI is InChI=1S/C23H25N3O5S.ClH/c1-25(2)9-4-10-26(21(27)15-5-7-16(8-6-15)22(28)29-3)23-24-17-13-18-19(14-20(17)32-23)31-12-11-30-18;/h5-8,13-14H,4,9-12H2,1-3H3;1H. The quantitative estimate of drug-likeness (QED) is 0.464. The lowest BCUT2D eigenvalue weighted by atomic mass is 10.1. The van der Waals surface area contributed by atoms with Gasteiger partial charge in [-0.1, -0.05) is 11.3 Å². The summed E-state index contributed by atoms with van der Waals surface area (Å²) in [5, 5.41) is 0.614. The fourth-order valence-electron chi connectivity index (χ4n) is 3.42. The molecular weight excluding hydrogens is 466 g/mol. The van der Waals surface area contributed by atoms with E-state index in [1.807, 2.05) is 26.2 Å². The Hall–Kier alpha value is -2.88. The SMILES string of the molecule is COC(=O)c1ccc(C(=O)N(CCCN(C)C)c2nc3cc4c(cc3s2)OCCO4)cc1.Cl. The minimum absolute atomic E-state index is 0. The van der Waals surface area contributed by atoms with Crippen LogP contribution in [-0.2, 0) is 4.74 Å². The summed E-state index contributed by atoms with van der Waals surface area (Å²) in [5.41, 5.74) is 1.64. The van der Waals surface area contributed by atoms with Crippen LogP contribution in [0.3, 0.4) is 0 Å². The van der Waals surface area contributed by atoms with Gasteiger partial charge in [-0.05, 0) is 51.3 Å². The Kier molecular flexibility index (Phi) is 8.12. The maximum Gasteiger partial charge on any atom is 0.337 e. The van der Waals surface area contributed by atoms with Gasteiger partial charge in [-0.3, -0.25) is 9.69 Å². The molecule has 2 heterocycles. The second kappa shape index (κ2) is 10.8. The molecule has 0 saturated heterocycles. The van der Waals surface area contributed by atoms with Crippen LogP contribution in [0, 0.1) is 0 Å². The Morgan fingerprint density at radius 2 is 1.67 bits per heavy atom. The molecule has 0 saturated carbocycles. The monoisotopic (exact) mass is 491 g/mol. The number of amides is 1. The van der Waals surface area contributed by atoms with Gasteiger partial charge in [-0.2, -0.15) is 0 Å². The van der Waals surface area contributed by atoms with E-state index in [0.717, 1.165) is 23.2 Å². The number of ether oxygens (including phenoxy) is 3. The van der Waals surface area contributed by atoms with Gasteiger partial charge in [-0.15, -0.1) is 12.4 Å². The zero-order chi connectivity index (χ0) is 22.7. The number of anilines is 1. The van der Waals surface area contributed by atoms with Crippen molar-refractivity contribution >= 4 is 51.0 Å². The van der Waals surface area contributed by atoms with Crippen molar-refractivity contribution in [3.63, 3.8) is 0 Å². The van der Waals surface area contributed by atoms with Gasteiger partial charge >= 0.3 is 5.97 Å². The van der Waals surface area contributed by atoms with Gasteiger partial charge in [0.1, 0.15) is 13.2 Å². The van der Waals surface area contributed by atoms with Crippen molar-refractivity contribution in [3.05, 3.63) is 47.5 Å². The minimum Gasteiger partial charge on any atom is -0.486 e. The summed E-state index contributed by atoms with van der Waals surface area (Å²) in [4.78, 5) is 33.6. The number of fused-ring (bicyclic) bond motifs is 2. The highest BCUT2D eigenvalue weighted by Gasteiger charge is 2.23. The average molecular weight is 492 g/mol. The molecule has 0 fully saturated rings. The van der Waals surface area contributed by atoms with E-state index in [0.29, 0.717) is 47.5 Å². The van der Waals surface area contributed by atoms with Crippen molar-refractivity contribution in [2.45, 2.75) is 6.42 Å². The van der Waals surface area contributed by atoms with Gasteiger partial charge in [0.2, 0.25) is 0 Å². The van der Waals surface area contributed by atoms with E-state index in [4.69, 9.17) is 19.2 Å². The maximum absolute atomic E-state index is 13.4. The first-order valence-corrected chi connectivity index (χ1v) is 11.1. The fraction of sp³-hybridized carbons (Fsp3) is 0.348. The smallest absolute Gasteiger partial charge is 0.337 e. The molecule has 8 nitrogen and oxygen atoms in total. The Bertz CT molecular complexity index is 1090. The number of esters is 1.